The topological polar surface area (TPSA) is 214 Å². The molecule has 2 fully saturated rings. The largest absolute Gasteiger partial charge is 0.457 e. The Balaban J connectivity index is 1.70. The summed E-state index contributed by atoms with van der Waals surface area (Å²) in [5, 5.41) is 71.9. The second-order valence-corrected chi connectivity index (χ2v) is 17.6. The molecule has 62 heavy (non-hydrogen) atoms. The molecule has 0 amide bonds. The van der Waals surface area contributed by atoms with Crippen molar-refractivity contribution in [3.8, 4) is 0 Å². The van der Waals surface area contributed by atoms with Crippen molar-refractivity contribution in [2.24, 2.45) is 0 Å². The molecule has 2 aliphatic heterocycles. The number of rotatable bonds is 39. The van der Waals surface area contributed by atoms with Crippen LogP contribution in [0.1, 0.15) is 187 Å². The zero-order chi connectivity index (χ0) is 45.2. The van der Waals surface area contributed by atoms with E-state index in [2.05, 4.69) is 26.0 Å². The number of hydrogen-bond donors (Lipinski definition) is 7. The first-order chi connectivity index (χ1) is 30.1. The van der Waals surface area contributed by atoms with Gasteiger partial charge in [0.05, 0.1) is 26.4 Å². The van der Waals surface area contributed by atoms with E-state index in [-0.39, 0.29) is 25.6 Å². The summed E-state index contributed by atoms with van der Waals surface area (Å²) >= 11 is 0. The number of ether oxygens (including phenoxy) is 6. The summed E-state index contributed by atoms with van der Waals surface area (Å²) < 4.78 is 34.1. The normalized spacial score (nSPS) is 27.2. The molecule has 2 saturated heterocycles. The maximum absolute atomic E-state index is 12.9. The fraction of sp³-hybridized carbons (Fsp3) is 0.938. The number of aliphatic hydroxyl groups is 7. The highest BCUT2D eigenvalue weighted by molar-refractivity contribution is 5.69. The van der Waals surface area contributed by atoms with Gasteiger partial charge in [0.25, 0.3) is 0 Å². The van der Waals surface area contributed by atoms with E-state index in [4.69, 9.17) is 28.4 Å². The SMILES string of the molecule is CCCCCCCCCC/C=C\CCCCCCCCCCCC(=O)OC(COCCCCCCCCC)COC1OC(COC2OC(CO)C(O)C(O)C2O)C(O)C(O)C1O. The summed E-state index contributed by atoms with van der Waals surface area (Å²) in [6.45, 7) is 3.66. The second-order valence-electron chi connectivity index (χ2n) is 17.6. The maximum atomic E-state index is 12.9. The highest BCUT2D eigenvalue weighted by atomic mass is 16.7. The molecule has 0 aromatic rings. The van der Waals surface area contributed by atoms with Crippen LogP contribution in [0.25, 0.3) is 0 Å². The Morgan fingerprint density at radius 3 is 1.47 bits per heavy atom. The molecule has 0 bridgehead atoms. The van der Waals surface area contributed by atoms with Gasteiger partial charge in [-0.05, 0) is 38.5 Å². The minimum Gasteiger partial charge on any atom is -0.457 e. The van der Waals surface area contributed by atoms with Gasteiger partial charge in [-0.3, -0.25) is 4.79 Å². The monoisotopic (exact) mass is 891 g/mol. The lowest BCUT2D eigenvalue weighted by Crippen LogP contribution is -2.61. The van der Waals surface area contributed by atoms with E-state index in [0.717, 1.165) is 38.5 Å². The van der Waals surface area contributed by atoms with Crippen molar-refractivity contribution in [2.75, 3.05) is 33.0 Å². The summed E-state index contributed by atoms with van der Waals surface area (Å²) in [7, 11) is 0. The summed E-state index contributed by atoms with van der Waals surface area (Å²) in [4.78, 5) is 12.9. The summed E-state index contributed by atoms with van der Waals surface area (Å²) in [5.41, 5.74) is 0. The quantitative estimate of drug-likeness (QED) is 0.0195. The molecule has 0 aromatic carbocycles. The highest BCUT2D eigenvalue weighted by Crippen LogP contribution is 2.26. The summed E-state index contributed by atoms with van der Waals surface area (Å²) in [5.74, 6) is -0.378. The minimum atomic E-state index is -1.70. The molecule has 2 heterocycles. The van der Waals surface area contributed by atoms with E-state index in [1.165, 1.54) is 122 Å². The van der Waals surface area contributed by atoms with Crippen LogP contribution in [0.4, 0.5) is 0 Å². The van der Waals surface area contributed by atoms with Crippen LogP contribution in [-0.4, -0.2) is 142 Å². The van der Waals surface area contributed by atoms with Crippen LogP contribution in [-0.2, 0) is 33.2 Å². The van der Waals surface area contributed by atoms with Crippen LogP contribution in [0.5, 0.6) is 0 Å². The second kappa shape index (κ2) is 36.9. The molecule has 0 spiro atoms. The van der Waals surface area contributed by atoms with Crippen molar-refractivity contribution >= 4 is 5.97 Å². The molecule has 7 N–H and O–H groups in total. The number of aliphatic hydroxyl groups excluding tert-OH is 7. The fourth-order valence-electron chi connectivity index (χ4n) is 7.93. The molecular formula is C48H90O14. The van der Waals surface area contributed by atoms with Crippen molar-refractivity contribution in [1.29, 1.82) is 0 Å². The first-order valence-corrected chi connectivity index (χ1v) is 24.8. The Morgan fingerprint density at radius 2 is 0.952 bits per heavy atom. The average Bonchev–Trinajstić information content (AvgIpc) is 3.27. The lowest BCUT2D eigenvalue weighted by Gasteiger charge is -2.42. The molecule has 0 aromatic heterocycles. The fourth-order valence-corrected chi connectivity index (χ4v) is 7.93. The molecule has 366 valence electrons. The number of carbonyl (C=O) groups excluding carboxylic acids is 1. The van der Waals surface area contributed by atoms with Crippen molar-refractivity contribution < 1.29 is 69.0 Å². The Kier molecular flexibility index (Phi) is 33.8. The van der Waals surface area contributed by atoms with Crippen LogP contribution >= 0.6 is 0 Å². The maximum Gasteiger partial charge on any atom is 0.306 e. The zero-order valence-electron chi connectivity index (χ0n) is 38.6. The smallest absolute Gasteiger partial charge is 0.306 e. The van der Waals surface area contributed by atoms with Crippen molar-refractivity contribution in [3.05, 3.63) is 12.2 Å². The van der Waals surface area contributed by atoms with Gasteiger partial charge in [-0.1, -0.05) is 154 Å². The number of carbonyl (C=O) groups is 1. The predicted octanol–water partition coefficient (Wildman–Crippen LogP) is 6.68. The average molecular weight is 891 g/mol. The van der Waals surface area contributed by atoms with E-state index in [1.54, 1.807) is 0 Å². The number of unbranched alkanes of at least 4 members (excludes halogenated alkanes) is 23. The first kappa shape index (κ1) is 56.9. The first-order valence-electron chi connectivity index (χ1n) is 24.8. The molecule has 11 atom stereocenters. The highest BCUT2D eigenvalue weighted by Gasteiger charge is 2.47. The third-order valence-corrected chi connectivity index (χ3v) is 12.0. The molecule has 0 saturated carbocycles. The van der Waals surface area contributed by atoms with Gasteiger partial charge < -0.3 is 64.2 Å². The molecular weight excluding hydrogens is 801 g/mol. The molecule has 0 radical (unpaired) electrons. The van der Waals surface area contributed by atoms with Gasteiger partial charge in [0.15, 0.2) is 12.6 Å². The van der Waals surface area contributed by atoms with Gasteiger partial charge in [-0.2, -0.15) is 0 Å². The summed E-state index contributed by atoms with van der Waals surface area (Å²) in [6.07, 6.45) is 20.2. The van der Waals surface area contributed by atoms with Crippen molar-refractivity contribution in [2.45, 2.75) is 255 Å². The molecule has 0 aliphatic carbocycles. The Bertz CT molecular complexity index is 1080. The van der Waals surface area contributed by atoms with E-state index in [1.807, 2.05) is 0 Å². The van der Waals surface area contributed by atoms with Crippen LogP contribution in [0.3, 0.4) is 0 Å². The van der Waals surface area contributed by atoms with Gasteiger partial charge in [0, 0.05) is 13.0 Å². The molecule has 14 nitrogen and oxygen atoms in total. The lowest BCUT2D eigenvalue weighted by atomic mass is 9.98. The van der Waals surface area contributed by atoms with Crippen molar-refractivity contribution in [3.63, 3.8) is 0 Å². The van der Waals surface area contributed by atoms with Gasteiger partial charge in [0.1, 0.15) is 54.9 Å². The van der Waals surface area contributed by atoms with Crippen LogP contribution in [0.15, 0.2) is 12.2 Å². The van der Waals surface area contributed by atoms with E-state index in [0.29, 0.717) is 13.0 Å². The Hall–Kier alpha value is -1.27. The standard InChI is InChI=1S/C48H90O14/c1-3-5-7-9-11-12-13-14-15-16-17-18-19-20-21-22-23-24-25-27-29-31-40(50)60-37(34-57-32-30-28-26-10-8-6-4-2)35-58-47-46(56)44(54)42(52)39(62-47)36-59-48-45(55)43(53)41(51)38(33-49)61-48/h16-17,37-39,41-49,51-56H,3-15,18-36H2,1-2H3/b17-16-. The lowest BCUT2D eigenvalue weighted by molar-refractivity contribution is -0.332. The predicted molar refractivity (Wildman–Crippen MR) is 238 cm³/mol. The third kappa shape index (κ3) is 24.9. The Morgan fingerprint density at radius 1 is 0.516 bits per heavy atom. The molecule has 2 aliphatic rings. The number of hydrogen-bond acceptors (Lipinski definition) is 14. The third-order valence-electron chi connectivity index (χ3n) is 12.0. The van der Waals surface area contributed by atoms with E-state index in [9.17, 15) is 40.5 Å². The molecule has 14 heteroatoms. The molecule has 2 rings (SSSR count). The van der Waals surface area contributed by atoms with Gasteiger partial charge in [0.2, 0.25) is 0 Å². The van der Waals surface area contributed by atoms with Crippen molar-refractivity contribution in [1.82, 2.24) is 0 Å². The van der Waals surface area contributed by atoms with Gasteiger partial charge >= 0.3 is 5.97 Å². The van der Waals surface area contributed by atoms with Gasteiger partial charge in [-0.15, -0.1) is 0 Å². The molecule has 11 unspecified atom stereocenters. The van der Waals surface area contributed by atoms with E-state index < -0.39 is 80.7 Å². The van der Waals surface area contributed by atoms with Crippen LogP contribution in [0, 0.1) is 0 Å². The van der Waals surface area contributed by atoms with E-state index >= 15 is 0 Å². The van der Waals surface area contributed by atoms with Crippen LogP contribution < -0.4 is 0 Å². The summed E-state index contributed by atoms with van der Waals surface area (Å²) in [6, 6.07) is 0. The number of esters is 1. The minimum absolute atomic E-state index is 0.0643. The zero-order valence-corrected chi connectivity index (χ0v) is 38.6. The van der Waals surface area contributed by atoms with Crippen LogP contribution in [0.2, 0.25) is 0 Å². The van der Waals surface area contributed by atoms with Gasteiger partial charge in [-0.25, -0.2) is 0 Å². The number of allylic oxidation sites excluding steroid dienone is 2. The Labute approximate surface area is 374 Å².